The smallest absolute Gasteiger partial charge is 0.254 e. The van der Waals surface area contributed by atoms with Crippen molar-refractivity contribution >= 4 is 23.4 Å². The standard InChI is InChI=1S/C14H17ClN2O4/c1-2-16-13(19)11-8-21-6-5-17(11)14(20)9-3-4-12(18)10(15)7-9/h3-4,7,11,18H,2,5-6,8H2,1H3,(H,16,19). The fourth-order valence-corrected chi connectivity index (χ4v) is 2.34. The van der Waals surface area contributed by atoms with E-state index in [-0.39, 0.29) is 29.2 Å². The van der Waals surface area contributed by atoms with Crippen molar-refractivity contribution in [2.45, 2.75) is 13.0 Å². The van der Waals surface area contributed by atoms with Crippen LogP contribution in [0.5, 0.6) is 5.75 Å². The maximum atomic E-state index is 12.5. The van der Waals surface area contributed by atoms with Gasteiger partial charge >= 0.3 is 0 Å². The highest BCUT2D eigenvalue weighted by Crippen LogP contribution is 2.25. The summed E-state index contributed by atoms with van der Waals surface area (Å²) in [5.41, 5.74) is 0.328. The van der Waals surface area contributed by atoms with Crippen molar-refractivity contribution in [1.29, 1.82) is 0 Å². The van der Waals surface area contributed by atoms with Crippen LogP contribution in [0.1, 0.15) is 17.3 Å². The van der Waals surface area contributed by atoms with E-state index in [0.717, 1.165) is 0 Å². The van der Waals surface area contributed by atoms with Gasteiger partial charge in [-0.05, 0) is 25.1 Å². The summed E-state index contributed by atoms with van der Waals surface area (Å²) < 4.78 is 5.29. The first-order valence-corrected chi connectivity index (χ1v) is 7.07. The molecule has 7 heteroatoms. The van der Waals surface area contributed by atoms with E-state index in [2.05, 4.69) is 5.32 Å². The zero-order valence-corrected chi connectivity index (χ0v) is 12.4. The molecular weight excluding hydrogens is 296 g/mol. The van der Waals surface area contributed by atoms with E-state index >= 15 is 0 Å². The van der Waals surface area contributed by atoms with E-state index in [9.17, 15) is 14.7 Å². The van der Waals surface area contributed by atoms with Crippen molar-refractivity contribution in [3.8, 4) is 5.75 Å². The van der Waals surface area contributed by atoms with Gasteiger partial charge in [0.2, 0.25) is 5.91 Å². The van der Waals surface area contributed by atoms with Crippen LogP contribution in [0.15, 0.2) is 18.2 Å². The van der Waals surface area contributed by atoms with E-state index in [1.54, 1.807) is 0 Å². The summed E-state index contributed by atoms with van der Waals surface area (Å²) >= 11 is 5.82. The average Bonchev–Trinajstić information content (AvgIpc) is 2.49. The number of ether oxygens (including phenoxy) is 1. The maximum absolute atomic E-state index is 12.5. The molecule has 0 saturated carbocycles. The Hall–Kier alpha value is -1.79. The predicted molar refractivity (Wildman–Crippen MR) is 77.4 cm³/mol. The molecule has 1 atom stereocenters. The first-order chi connectivity index (χ1) is 10.0. The molecule has 0 spiro atoms. The largest absolute Gasteiger partial charge is 0.506 e. The van der Waals surface area contributed by atoms with Crippen LogP contribution in [0, 0.1) is 0 Å². The van der Waals surface area contributed by atoms with Gasteiger partial charge < -0.3 is 20.1 Å². The number of phenolic OH excluding ortho intramolecular Hbond substituents is 1. The van der Waals surface area contributed by atoms with E-state index in [4.69, 9.17) is 16.3 Å². The van der Waals surface area contributed by atoms with Crippen LogP contribution in [0.25, 0.3) is 0 Å². The third kappa shape index (κ3) is 3.46. The summed E-state index contributed by atoms with van der Waals surface area (Å²) in [6.07, 6.45) is 0. The number of benzene rings is 1. The monoisotopic (exact) mass is 312 g/mol. The van der Waals surface area contributed by atoms with Crippen molar-refractivity contribution in [3.63, 3.8) is 0 Å². The van der Waals surface area contributed by atoms with Crippen LogP contribution in [-0.4, -0.2) is 54.2 Å². The van der Waals surface area contributed by atoms with Crippen molar-refractivity contribution in [2.24, 2.45) is 0 Å². The fraction of sp³-hybridized carbons (Fsp3) is 0.429. The molecule has 1 aromatic carbocycles. The molecule has 0 radical (unpaired) electrons. The Morgan fingerprint density at radius 3 is 2.95 bits per heavy atom. The molecule has 2 N–H and O–H groups in total. The molecule has 1 saturated heterocycles. The lowest BCUT2D eigenvalue weighted by molar-refractivity contribution is -0.130. The van der Waals surface area contributed by atoms with Crippen molar-refractivity contribution in [3.05, 3.63) is 28.8 Å². The van der Waals surface area contributed by atoms with Gasteiger partial charge in [0, 0.05) is 18.7 Å². The number of aromatic hydroxyl groups is 1. The molecule has 21 heavy (non-hydrogen) atoms. The van der Waals surface area contributed by atoms with Crippen LogP contribution in [0.2, 0.25) is 5.02 Å². The summed E-state index contributed by atoms with van der Waals surface area (Å²) in [6.45, 7) is 3.19. The molecule has 0 aliphatic carbocycles. The van der Waals surface area contributed by atoms with Gasteiger partial charge in [0.1, 0.15) is 11.8 Å². The van der Waals surface area contributed by atoms with Gasteiger partial charge in [-0.1, -0.05) is 11.6 Å². The molecule has 1 aliphatic rings. The Balaban J connectivity index is 2.21. The summed E-state index contributed by atoms with van der Waals surface area (Å²) in [7, 11) is 0. The van der Waals surface area contributed by atoms with Crippen molar-refractivity contribution in [2.75, 3.05) is 26.3 Å². The maximum Gasteiger partial charge on any atom is 0.254 e. The van der Waals surface area contributed by atoms with E-state index in [1.165, 1.54) is 23.1 Å². The molecule has 1 fully saturated rings. The van der Waals surface area contributed by atoms with Gasteiger partial charge in [-0.3, -0.25) is 9.59 Å². The number of carbonyl (C=O) groups is 2. The van der Waals surface area contributed by atoms with Gasteiger partial charge in [-0.2, -0.15) is 0 Å². The lowest BCUT2D eigenvalue weighted by Crippen LogP contribution is -2.55. The predicted octanol–water partition coefficient (Wildman–Crippen LogP) is 1.02. The highest BCUT2D eigenvalue weighted by molar-refractivity contribution is 6.32. The number of rotatable bonds is 3. The number of likely N-dealkylation sites (N-methyl/N-ethyl adjacent to an activating group) is 1. The van der Waals surface area contributed by atoms with Crippen LogP contribution in [-0.2, 0) is 9.53 Å². The van der Waals surface area contributed by atoms with E-state index in [1.807, 2.05) is 6.92 Å². The molecule has 2 rings (SSSR count). The number of hydrogen-bond donors (Lipinski definition) is 2. The minimum atomic E-state index is -0.654. The number of amides is 2. The number of phenols is 1. The molecule has 2 amide bonds. The second-order valence-corrected chi connectivity index (χ2v) is 5.06. The Morgan fingerprint density at radius 1 is 1.52 bits per heavy atom. The van der Waals surface area contributed by atoms with Crippen LogP contribution >= 0.6 is 11.6 Å². The summed E-state index contributed by atoms with van der Waals surface area (Å²) in [5, 5.41) is 12.2. The Labute approximate surface area is 127 Å². The molecule has 1 aromatic rings. The molecule has 1 aliphatic heterocycles. The topological polar surface area (TPSA) is 78.9 Å². The number of morpholine rings is 1. The van der Waals surface area contributed by atoms with E-state index in [0.29, 0.717) is 25.3 Å². The van der Waals surface area contributed by atoms with Gasteiger partial charge in [-0.15, -0.1) is 0 Å². The SMILES string of the molecule is CCNC(=O)C1COCCN1C(=O)c1ccc(O)c(Cl)c1. The highest BCUT2D eigenvalue weighted by atomic mass is 35.5. The Morgan fingerprint density at radius 2 is 2.29 bits per heavy atom. The minimum absolute atomic E-state index is 0.0875. The molecule has 114 valence electrons. The second-order valence-electron chi connectivity index (χ2n) is 4.65. The minimum Gasteiger partial charge on any atom is -0.506 e. The lowest BCUT2D eigenvalue weighted by atomic mass is 10.1. The zero-order valence-electron chi connectivity index (χ0n) is 11.6. The first-order valence-electron chi connectivity index (χ1n) is 6.69. The first kappa shape index (κ1) is 15.6. The molecule has 6 nitrogen and oxygen atoms in total. The normalized spacial score (nSPS) is 18.4. The second kappa shape index (κ2) is 6.78. The Bertz CT molecular complexity index is 550. The van der Waals surface area contributed by atoms with E-state index < -0.39 is 6.04 Å². The summed E-state index contributed by atoms with van der Waals surface area (Å²) in [6, 6.07) is 3.58. The highest BCUT2D eigenvalue weighted by Gasteiger charge is 2.33. The molecular formula is C14H17ClN2O4. The van der Waals surface area contributed by atoms with Gasteiger partial charge in [0.15, 0.2) is 0 Å². The molecule has 1 unspecified atom stereocenters. The summed E-state index contributed by atoms with van der Waals surface area (Å²) in [4.78, 5) is 26.0. The Kier molecular flexibility index (Phi) is 5.03. The zero-order chi connectivity index (χ0) is 15.4. The van der Waals surface area contributed by atoms with Crippen molar-refractivity contribution < 1.29 is 19.4 Å². The molecule has 0 bridgehead atoms. The summed E-state index contributed by atoms with van der Waals surface area (Å²) in [5.74, 6) is -0.637. The van der Waals surface area contributed by atoms with Gasteiger partial charge in [0.25, 0.3) is 5.91 Å². The van der Waals surface area contributed by atoms with Crippen LogP contribution in [0.3, 0.4) is 0 Å². The van der Waals surface area contributed by atoms with Crippen molar-refractivity contribution in [1.82, 2.24) is 10.2 Å². The third-order valence-electron chi connectivity index (χ3n) is 3.24. The molecule has 0 aromatic heterocycles. The van der Waals surface area contributed by atoms with Crippen LogP contribution < -0.4 is 5.32 Å². The van der Waals surface area contributed by atoms with Gasteiger partial charge in [-0.25, -0.2) is 0 Å². The average molecular weight is 313 g/mol. The lowest BCUT2D eigenvalue weighted by Gasteiger charge is -2.34. The quantitative estimate of drug-likeness (QED) is 0.873. The number of halogens is 1. The number of hydrogen-bond acceptors (Lipinski definition) is 4. The molecule has 1 heterocycles. The third-order valence-corrected chi connectivity index (χ3v) is 3.54. The fourth-order valence-electron chi connectivity index (χ4n) is 2.16. The van der Waals surface area contributed by atoms with Gasteiger partial charge in [0.05, 0.1) is 18.2 Å². The van der Waals surface area contributed by atoms with Crippen LogP contribution in [0.4, 0.5) is 0 Å². The number of nitrogens with zero attached hydrogens (tertiary/aromatic N) is 1. The number of nitrogens with one attached hydrogen (secondary N) is 1. The number of carbonyl (C=O) groups excluding carboxylic acids is 2.